The van der Waals surface area contributed by atoms with Crippen molar-refractivity contribution in [2.75, 3.05) is 0 Å². The predicted octanol–water partition coefficient (Wildman–Crippen LogP) is 5.99. The van der Waals surface area contributed by atoms with Crippen LogP contribution in [-0.2, 0) is 6.42 Å². The molecule has 0 aliphatic heterocycles. The third kappa shape index (κ3) is 3.40. The molecule has 0 aliphatic carbocycles. The van der Waals surface area contributed by atoms with Crippen LogP contribution in [0.2, 0.25) is 0 Å². The Balaban J connectivity index is 1.67. The second-order valence-corrected chi connectivity index (χ2v) is 7.18. The number of carbonyl (C=O) groups excluding carboxylic acids is 1. The third-order valence-electron chi connectivity index (χ3n) is 5.18. The zero-order valence-electron chi connectivity index (χ0n) is 16.8. The fourth-order valence-electron chi connectivity index (χ4n) is 3.54. The maximum absolute atomic E-state index is 13.4. The first-order chi connectivity index (χ1) is 15.1. The minimum Gasteiger partial charge on any atom is -0.452 e. The fraction of sp³-hybridized carbons (Fsp3) is 0.0769. The van der Waals surface area contributed by atoms with Crippen molar-refractivity contribution < 1.29 is 18.4 Å². The van der Waals surface area contributed by atoms with Gasteiger partial charge in [-0.05, 0) is 36.2 Å². The molecule has 0 saturated carbocycles. The summed E-state index contributed by atoms with van der Waals surface area (Å²) in [7, 11) is 0. The molecule has 0 radical (unpaired) electrons. The van der Waals surface area contributed by atoms with E-state index in [0.717, 1.165) is 17.4 Å². The third-order valence-corrected chi connectivity index (χ3v) is 5.18. The van der Waals surface area contributed by atoms with Crippen molar-refractivity contribution in [2.45, 2.75) is 13.3 Å². The number of fused-ring (bicyclic) bond motifs is 2. The number of benzene rings is 3. The average molecular weight is 410 g/mol. The van der Waals surface area contributed by atoms with Crippen molar-refractivity contribution in [2.24, 2.45) is 0 Å². The van der Waals surface area contributed by atoms with Crippen molar-refractivity contribution in [3.05, 3.63) is 100 Å². The Morgan fingerprint density at radius 1 is 0.871 bits per heavy atom. The molecule has 0 spiro atoms. The van der Waals surface area contributed by atoms with Crippen molar-refractivity contribution >= 4 is 27.9 Å². The van der Waals surface area contributed by atoms with Crippen molar-refractivity contribution in [1.82, 2.24) is 0 Å². The molecule has 0 N–H and O–H groups in total. The first-order valence-electron chi connectivity index (χ1n) is 10.00. The second-order valence-electron chi connectivity index (χ2n) is 7.18. The molecule has 0 fully saturated rings. The molecule has 2 heterocycles. The minimum absolute atomic E-state index is 0.0158. The molecule has 3 aromatic carbocycles. The van der Waals surface area contributed by atoms with E-state index in [4.69, 9.17) is 13.6 Å². The SMILES string of the molecule is CCc1ccc2oc(-c3ccccc3)c(OC(=O)c3cc4ccccc4o3)c(=O)c2c1. The van der Waals surface area contributed by atoms with Crippen LogP contribution in [0.3, 0.4) is 0 Å². The molecule has 2 aromatic heterocycles. The van der Waals surface area contributed by atoms with Crippen LogP contribution in [0, 0.1) is 0 Å². The smallest absolute Gasteiger partial charge is 0.379 e. The van der Waals surface area contributed by atoms with Gasteiger partial charge in [-0.1, -0.05) is 61.5 Å². The Morgan fingerprint density at radius 3 is 2.42 bits per heavy atom. The van der Waals surface area contributed by atoms with Gasteiger partial charge in [-0.15, -0.1) is 0 Å². The lowest BCUT2D eigenvalue weighted by molar-refractivity contribution is 0.0700. The standard InChI is InChI=1S/C26H18O5/c1-2-16-12-13-21-19(14-16)23(27)25(24(30-21)17-8-4-3-5-9-17)31-26(28)22-15-18-10-6-7-11-20(18)29-22/h3-15H,2H2,1H3. The highest BCUT2D eigenvalue weighted by molar-refractivity contribution is 5.95. The van der Waals surface area contributed by atoms with Gasteiger partial charge >= 0.3 is 5.97 Å². The molecule has 5 rings (SSSR count). The first kappa shape index (κ1) is 18.9. The van der Waals surface area contributed by atoms with E-state index < -0.39 is 11.4 Å². The number of hydrogen-bond acceptors (Lipinski definition) is 5. The Hall–Kier alpha value is -4.12. The molecule has 0 saturated heterocycles. The number of aryl methyl sites for hydroxylation is 1. The van der Waals surface area contributed by atoms with Crippen molar-refractivity contribution in [3.63, 3.8) is 0 Å². The highest BCUT2D eigenvalue weighted by Crippen LogP contribution is 2.32. The van der Waals surface area contributed by atoms with E-state index in [2.05, 4.69) is 0 Å². The molecule has 31 heavy (non-hydrogen) atoms. The number of ether oxygens (including phenoxy) is 1. The summed E-state index contributed by atoms with van der Waals surface area (Å²) in [5.74, 6) is -0.696. The van der Waals surface area contributed by atoms with Crippen LogP contribution in [0.1, 0.15) is 23.0 Å². The molecule has 0 unspecified atom stereocenters. The van der Waals surface area contributed by atoms with E-state index in [1.165, 1.54) is 0 Å². The molecule has 5 aromatic rings. The fourth-order valence-corrected chi connectivity index (χ4v) is 3.54. The zero-order chi connectivity index (χ0) is 21.4. The van der Waals surface area contributed by atoms with Crippen LogP contribution >= 0.6 is 0 Å². The molecular weight excluding hydrogens is 392 g/mol. The lowest BCUT2D eigenvalue weighted by atomic mass is 10.1. The van der Waals surface area contributed by atoms with E-state index in [1.54, 1.807) is 36.4 Å². The molecule has 0 atom stereocenters. The summed E-state index contributed by atoms with van der Waals surface area (Å²) < 4.78 is 17.2. The summed E-state index contributed by atoms with van der Waals surface area (Å²) in [6.07, 6.45) is 0.768. The van der Waals surface area contributed by atoms with E-state index in [-0.39, 0.29) is 17.3 Å². The topological polar surface area (TPSA) is 69.7 Å². The maximum atomic E-state index is 13.4. The second kappa shape index (κ2) is 7.61. The number of esters is 1. The van der Waals surface area contributed by atoms with Gasteiger partial charge in [-0.25, -0.2) is 4.79 Å². The Morgan fingerprint density at radius 2 is 1.65 bits per heavy atom. The molecular formula is C26H18O5. The average Bonchev–Trinajstić information content (AvgIpc) is 3.25. The van der Waals surface area contributed by atoms with Gasteiger partial charge in [0, 0.05) is 10.9 Å². The summed E-state index contributed by atoms with van der Waals surface area (Å²) in [4.78, 5) is 26.2. The Bertz CT molecular complexity index is 1440. The number of rotatable bonds is 4. The Kier molecular flexibility index (Phi) is 4.64. The van der Waals surface area contributed by atoms with Crippen LogP contribution in [0.4, 0.5) is 0 Å². The highest BCUT2D eigenvalue weighted by atomic mass is 16.6. The number of para-hydroxylation sites is 1. The van der Waals surface area contributed by atoms with Crippen molar-refractivity contribution in [3.8, 4) is 17.1 Å². The summed E-state index contributed by atoms with van der Waals surface area (Å²) in [6, 6.07) is 23.4. The molecule has 0 aliphatic rings. The normalized spacial score (nSPS) is 11.1. The van der Waals surface area contributed by atoms with Gasteiger partial charge in [0.15, 0.2) is 5.76 Å². The Labute approximate surface area is 177 Å². The molecule has 0 bridgehead atoms. The number of furan rings is 1. The molecule has 5 heteroatoms. The first-order valence-corrected chi connectivity index (χ1v) is 10.00. The van der Waals surface area contributed by atoms with Crippen LogP contribution in [0.5, 0.6) is 5.75 Å². The van der Waals surface area contributed by atoms with Gasteiger partial charge in [0.25, 0.3) is 0 Å². The van der Waals surface area contributed by atoms with E-state index in [1.807, 2.05) is 49.4 Å². The van der Waals surface area contributed by atoms with Gasteiger partial charge in [0.2, 0.25) is 16.9 Å². The molecule has 152 valence electrons. The lowest BCUT2D eigenvalue weighted by Gasteiger charge is -2.10. The van der Waals surface area contributed by atoms with Gasteiger partial charge in [0.1, 0.15) is 11.2 Å². The minimum atomic E-state index is -0.758. The van der Waals surface area contributed by atoms with Gasteiger partial charge in [-0.2, -0.15) is 0 Å². The summed E-state index contributed by atoms with van der Waals surface area (Å²) in [5, 5.41) is 1.14. The van der Waals surface area contributed by atoms with Crippen LogP contribution in [0.15, 0.2) is 92.5 Å². The zero-order valence-corrected chi connectivity index (χ0v) is 16.8. The van der Waals surface area contributed by atoms with E-state index in [9.17, 15) is 9.59 Å². The summed E-state index contributed by atoms with van der Waals surface area (Å²) in [5.41, 5.74) is 2.22. The predicted molar refractivity (Wildman–Crippen MR) is 118 cm³/mol. The molecule has 0 amide bonds. The largest absolute Gasteiger partial charge is 0.452 e. The lowest BCUT2D eigenvalue weighted by Crippen LogP contribution is -2.16. The van der Waals surface area contributed by atoms with Crippen molar-refractivity contribution in [1.29, 1.82) is 0 Å². The summed E-state index contributed by atoms with van der Waals surface area (Å²) in [6.45, 7) is 2.00. The maximum Gasteiger partial charge on any atom is 0.379 e. The van der Waals surface area contributed by atoms with E-state index in [0.29, 0.717) is 22.1 Å². The van der Waals surface area contributed by atoms with Crippen LogP contribution in [0.25, 0.3) is 33.3 Å². The highest BCUT2D eigenvalue weighted by Gasteiger charge is 2.23. The van der Waals surface area contributed by atoms with Gasteiger partial charge in [0.05, 0.1) is 5.39 Å². The van der Waals surface area contributed by atoms with Crippen LogP contribution < -0.4 is 10.2 Å². The van der Waals surface area contributed by atoms with E-state index >= 15 is 0 Å². The van der Waals surface area contributed by atoms with Gasteiger partial charge in [-0.3, -0.25) is 4.79 Å². The quantitative estimate of drug-likeness (QED) is 0.341. The molecule has 5 nitrogen and oxygen atoms in total. The van der Waals surface area contributed by atoms with Crippen LogP contribution in [-0.4, -0.2) is 5.97 Å². The van der Waals surface area contributed by atoms with Gasteiger partial charge < -0.3 is 13.6 Å². The summed E-state index contributed by atoms with van der Waals surface area (Å²) >= 11 is 0. The number of hydrogen-bond donors (Lipinski definition) is 0. The monoisotopic (exact) mass is 410 g/mol. The number of carbonyl (C=O) groups is 1.